The van der Waals surface area contributed by atoms with E-state index in [2.05, 4.69) is 31.2 Å². The van der Waals surface area contributed by atoms with Gasteiger partial charge >= 0.3 is 0 Å². The Balaban J connectivity index is 2.10. The van der Waals surface area contributed by atoms with Gasteiger partial charge in [0.25, 0.3) is 0 Å². The van der Waals surface area contributed by atoms with E-state index in [0.29, 0.717) is 11.8 Å². The van der Waals surface area contributed by atoms with Gasteiger partial charge in [0.05, 0.1) is 15.4 Å². The third kappa shape index (κ3) is 2.83. The van der Waals surface area contributed by atoms with Crippen LogP contribution in [0.2, 0.25) is 0 Å². The maximum atomic E-state index is 5.98. The highest BCUT2D eigenvalue weighted by atomic mass is 79.9. The lowest BCUT2D eigenvalue weighted by Crippen LogP contribution is -1.99. The van der Waals surface area contributed by atoms with E-state index in [1.165, 1.54) is 0 Å². The van der Waals surface area contributed by atoms with E-state index < -0.39 is 0 Å². The van der Waals surface area contributed by atoms with E-state index >= 15 is 0 Å². The van der Waals surface area contributed by atoms with Gasteiger partial charge in [0.15, 0.2) is 0 Å². The molecule has 5 heteroatoms. The van der Waals surface area contributed by atoms with Gasteiger partial charge in [0.2, 0.25) is 11.8 Å². The van der Waals surface area contributed by atoms with Crippen LogP contribution >= 0.6 is 15.9 Å². The van der Waals surface area contributed by atoms with Crippen molar-refractivity contribution >= 4 is 32.8 Å². The van der Waals surface area contributed by atoms with E-state index in [-0.39, 0.29) is 0 Å². The molecule has 3 rings (SSSR count). The Morgan fingerprint density at radius 2 is 1.90 bits per heavy atom. The smallest absolute Gasteiger partial charge is 0.232 e. The Kier molecular flexibility index (Phi) is 3.75. The summed E-state index contributed by atoms with van der Waals surface area (Å²) in [4.78, 5) is 8.83. The van der Waals surface area contributed by atoms with Crippen LogP contribution in [0.25, 0.3) is 10.9 Å². The van der Waals surface area contributed by atoms with Crippen molar-refractivity contribution in [1.29, 1.82) is 0 Å². The number of hydrogen-bond acceptors (Lipinski definition) is 4. The number of aromatic nitrogens is 2. The Labute approximate surface area is 131 Å². The second-order valence-electron chi connectivity index (χ2n) is 4.66. The largest absolute Gasteiger partial charge is 0.437 e. The minimum atomic E-state index is 0.534. The van der Waals surface area contributed by atoms with Crippen molar-refractivity contribution in [2.45, 2.75) is 6.92 Å². The Morgan fingerprint density at radius 3 is 2.67 bits per heavy atom. The minimum Gasteiger partial charge on any atom is -0.437 e. The van der Waals surface area contributed by atoms with Crippen LogP contribution in [0.4, 0.5) is 5.95 Å². The molecule has 0 aliphatic carbocycles. The summed E-state index contributed by atoms with van der Waals surface area (Å²) in [6.07, 6.45) is 0. The predicted octanol–water partition coefficient (Wildman–Crippen LogP) is 4.53. The molecule has 0 aliphatic heterocycles. The summed E-state index contributed by atoms with van der Waals surface area (Å²) in [7, 11) is 1.79. The number of halogens is 1. The van der Waals surface area contributed by atoms with Gasteiger partial charge in [-0.2, -0.15) is 4.98 Å². The molecule has 3 aromatic rings. The monoisotopic (exact) mass is 343 g/mol. The molecule has 0 bridgehead atoms. The van der Waals surface area contributed by atoms with Crippen LogP contribution in [-0.4, -0.2) is 17.0 Å². The van der Waals surface area contributed by atoms with Gasteiger partial charge in [0, 0.05) is 7.05 Å². The number of fused-ring (bicyclic) bond motifs is 1. The van der Waals surface area contributed by atoms with Gasteiger partial charge in [-0.3, -0.25) is 0 Å². The number of anilines is 1. The maximum Gasteiger partial charge on any atom is 0.232 e. The molecule has 21 heavy (non-hydrogen) atoms. The molecule has 0 saturated heterocycles. The summed E-state index contributed by atoms with van der Waals surface area (Å²) in [6, 6.07) is 13.7. The molecular formula is C16H14BrN3O. The Hall–Kier alpha value is -2.14. The summed E-state index contributed by atoms with van der Waals surface area (Å²) < 4.78 is 6.88. The van der Waals surface area contributed by atoms with Crippen molar-refractivity contribution in [2.24, 2.45) is 0 Å². The van der Waals surface area contributed by atoms with Crippen LogP contribution in [-0.2, 0) is 0 Å². The molecule has 4 nitrogen and oxygen atoms in total. The summed E-state index contributed by atoms with van der Waals surface area (Å²) in [5.41, 5.74) is 2.01. The zero-order valence-corrected chi connectivity index (χ0v) is 13.3. The zero-order chi connectivity index (χ0) is 14.8. The van der Waals surface area contributed by atoms with Crippen LogP contribution in [0.5, 0.6) is 11.6 Å². The van der Waals surface area contributed by atoms with Crippen molar-refractivity contribution in [3.05, 3.63) is 52.5 Å². The molecule has 1 heterocycles. The lowest BCUT2D eigenvalue weighted by Gasteiger charge is -2.11. The highest BCUT2D eigenvalue weighted by Gasteiger charge is 2.10. The van der Waals surface area contributed by atoms with Crippen LogP contribution in [0.1, 0.15) is 5.56 Å². The predicted molar refractivity (Wildman–Crippen MR) is 88.0 cm³/mol. The normalized spacial score (nSPS) is 10.6. The first-order valence-electron chi connectivity index (χ1n) is 6.56. The zero-order valence-electron chi connectivity index (χ0n) is 11.7. The number of para-hydroxylation sites is 1. The molecule has 0 radical (unpaired) electrons. The van der Waals surface area contributed by atoms with E-state index in [1.54, 1.807) is 7.05 Å². The first-order valence-corrected chi connectivity index (χ1v) is 7.35. The molecule has 1 aromatic heterocycles. The van der Waals surface area contributed by atoms with E-state index in [0.717, 1.165) is 26.7 Å². The lowest BCUT2D eigenvalue weighted by molar-refractivity contribution is 0.466. The average molecular weight is 344 g/mol. The van der Waals surface area contributed by atoms with E-state index in [4.69, 9.17) is 4.74 Å². The van der Waals surface area contributed by atoms with Crippen LogP contribution in [0.15, 0.2) is 46.9 Å². The number of hydrogen-bond donors (Lipinski definition) is 1. The van der Waals surface area contributed by atoms with Crippen molar-refractivity contribution < 1.29 is 4.74 Å². The number of nitrogens with one attached hydrogen (secondary N) is 1. The summed E-state index contributed by atoms with van der Waals surface area (Å²) in [6.45, 7) is 2.04. The molecule has 106 valence electrons. The van der Waals surface area contributed by atoms with Crippen LogP contribution in [0.3, 0.4) is 0 Å². The number of rotatable bonds is 3. The summed E-state index contributed by atoms with van der Waals surface area (Å²) in [5.74, 6) is 1.80. The number of aryl methyl sites for hydroxylation is 1. The standard InChI is InChI=1S/C16H14BrN3O/c1-10-7-8-14(12(17)9-10)21-15-11-5-3-4-6-13(11)19-16(18-2)20-15/h3-9H,1-2H3,(H,18,19,20). The molecule has 0 amide bonds. The van der Waals surface area contributed by atoms with Crippen molar-refractivity contribution in [3.8, 4) is 11.6 Å². The first-order chi connectivity index (χ1) is 10.2. The average Bonchev–Trinajstić information content (AvgIpc) is 2.49. The van der Waals surface area contributed by atoms with E-state index in [9.17, 15) is 0 Å². The number of nitrogens with zero attached hydrogens (tertiary/aromatic N) is 2. The SMILES string of the molecule is CNc1nc(Oc2ccc(C)cc2Br)c2ccccc2n1. The highest BCUT2D eigenvalue weighted by Crippen LogP contribution is 2.33. The van der Waals surface area contributed by atoms with Gasteiger partial charge in [0.1, 0.15) is 5.75 Å². The van der Waals surface area contributed by atoms with Gasteiger partial charge in [-0.05, 0) is 52.7 Å². The van der Waals surface area contributed by atoms with Gasteiger partial charge < -0.3 is 10.1 Å². The molecule has 0 spiro atoms. The third-order valence-electron chi connectivity index (χ3n) is 3.09. The topological polar surface area (TPSA) is 47.0 Å². The molecule has 0 aliphatic rings. The molecule has 2 aromatic carbocycles. The summed E-state index contributed by atoms with van der Waals surface area (Å²) in [5, 5.41) is 3.83. The first kappa shape index (κ1) is 13.8. The summed E-state index contributed by atoms with van der Waals surface area (Å²) >= 11 is 3.52. The number of benzene rings is 2. The highest BCUT2D eigenvalue weighted by molar-refractivity contribution is 9.10. The lowest BCUT2D eigenvalue weighted by atomic mass is 10.2. The van der Waals surface area contributed by atoms with Crippen LogP contribution < -0.4 is 10.1 Å². The Morgan fingerprint density at radius 1 is 1.10 bits per heavy atom. The molecule has 0 saturated carbocycles. The Bertz CT molecular complexity index is 805. The van der Waals surface area contributed by atoms with Crippen molar-refractivity contribution in [3.63, 3.8) is 0 Å². The van der Waals surface area contributed by atoms with Gasteiger partial charge in [-0.15, -0.1) is 0 Å². The van der Waals surface area contributed by atoms with Crippen molar-refractivity contribution in [2.75, 3.05) is 12.4 Å². The fourth-order valence-electron chi connectivity index (χ4n) is 2.03. The fraction of sp³-hybridized carbons (Fsp3) is 0.125. The second-order valence-corrected chi connectivity index (χ2v) is 5.51. The molecular weight excluding hydrogens is 330 g/mol. The second kappa shape index (κ2) is 5.69. The van der Waals surface area contributed by atoms with E-state index in [1.807, 2.05) is 49.4 Å². The number of ether oxygens (including phenoxy) is 1. The van der Waals surface area contributed by atoms with Gasteiger partial charge in [-0.25, -0.2) is 4.98 Å². The van der Waals surface area contributed by atoms with Gasteiger partial charge in [-0.1, -0.05) is 18.2 Å². The minimum absolute atomic E-state index is 0.534. The van der Waals surface area contributed by atoms with Crippen LogP contribution in [0, 0.1) is 6.92 Å². The molecule has 0 unspecified atom stereocenters. The molecule has 0 atom stereocenters. The fourth-order valence-corrected chi connectivity index (χ4v) is 2.60. The maximum absolute atomic E-state index is 5.98. The van der Waals surface area contributed by atoms with Crippen molar-refractivity contribution in [1.82, 2.24) is 9.97 Å². The third-order valence-corrected chi connectivity index (χ3v) is 3.71. The quantitative estimate of drug-likeness (QED) is 0.758. The molecule has 0 fully saturated rings. The molecule has 1 N–H and O–H groups in total.